The molecule has 0 unspecified atom stereocenters. The third kappa shape index (κ3) is 7.45. The van der Waals surface area contributed by atoms with Crippen LogP contribution in [0.3, 0.4) is 0 Å². The first kappa shape index (κ1) is 34.8. The minimum Gasteiger partial charge on any atom is -0.455 e. The number of carbonyl (C=O) groups excluding carboxylic acids is 1. The fourth-order valence-electron chi connectivity index (χ4n) is 5.21. The Labute approximate surface area is 276 Å². The van der Waals surface area contributed by atoms with Crippen LogP contribution in [0.1, 0.15) is 42.1 Å². The van der Waals surface area contributed by atoms with Crippen molar-refractivity contribution in [3.8, 4) is 11.1 Å². The van der Waals surface area contributed by atoms with E-state index in [0.717, 1.165) is 33.8 Å². The van der Waals surface area contributed by atoms with Gasteiger partial charge in [0.2, 0.25) is 31.7 Å². The summed E-state index contributed by atoms with van der Waals surface area (Å²) in [6.45, 7) is 4.16. The average Bonchev–Trinajstić information content (AvgIpc) is 3.50. The maximum absolute atomic E-state index is 14.3. The van der Waals surface area contributed by atoms with Gasteiger partial charge in [-0.05, 0) is 66.8 Å². The number of furan rings is 1. The number of nitrogens with one attached hydrogen (secondary N) is 1. The number of rotatable bonds is 10. The zero-order valence-corrected chi connectivity index (χ0v) is 28.0. The van der Waals surface area contributed by atoms with Crippen LogP contribution < -0.4 is 4.72 Å². The van der Waals surface area contributed by atoms with Crippen LogP contribution in [0.5, 0.6) is 0 Å². The van der Waals surface area contributed by atoms with Crippen LogP contribution in [0.25, 0.3) is 22.0 Å². The lowest BCUT2D eigenvalue weighted by Gasteiger charge is -2.24. The van der Waals surface area contributed by atoms with Crippen molar-refractivity contribution in [2.45, 2.75) is 50.3 Å². The molecule has 0 spiro atoms. The van der Waals surface area contributed by atoms with Gasteiger partial charge < -0.3 is 4.42 Å². The Hall–Kier alpha value is -4.53. The molecule has 0 atom stereocenters. The number of carbonyl (C=O) groups is 1. The number of aromatic nitrogens is 1. The molecule has 1 N–H and O–H groups in total. The van der Waals surface area contributed by atoms with E-state index in [0.29, 0.717) is 22.1 Å². The van der Waals surface area contributed by atoms with Gasteiger partial charge in [-0.25, -0.2) is 16.8 Å². The molecular formula is C34H32F3N3O6S2. The third-order valence-corrected chi connectivity index (χ3v) is 10.4. The predicted molar refractivity (Wildman–Crippen MR) is 175 cm³/mol. The molecule has 3 aromatic carbocycles. The molecule has 1 amide bonds. The summed E-state index contributed by atoms with van der Waals surface area (Å²) < 4.78 is 99.9. The smallest absolute Gasteiger partial charge is 0.449 e. The van der Waals surface area contributed by atoms with Crippen molar-refractivity contribution in [3.63, 3.8) is 0 Å². The molecule has 0 saturated heterocycles. The van der Waals surface area contributed by atoms with Gasteiger partial charge in [-0.2, -0.15) is 17.5 Å². The van der Waals surface area contributed by atoms with Gasteiger partial charge in [-0.3, -0.25) is 14.5 Å². The molecule has 252 valence electrons. The number of pyridine rings is 1. The normalized spacial score (nSPS) is 12.8. The van der Waals surface area contributed by atoms with Gasteiger partial charge in [-0.15, -0.1) is 0 Å². The van der Waals surface area contributed by atoms with Gasteiger partial charge in [0.1, 0.15) is 10.7 Å². The zero-order chi connectivity index (χ0) is 35.1. The number of fused-ring (bicyclic) bond motifs is 1. The second-order valence-corrected chi connectivity index (χ2v) is 15.6. The summed E-state index contributed by atoms with van der Waals surface area (Å²) in [6.07, 6.45) is -2.36. The number of benzene rings is 3. The molecule has 0 aliphatic heterocycles. The number of amides is 1. The summed E-state index contributed by atoms with van der Waals surface area (Å²) in [5, 5.41) is 0.586. The van der Waals surface area contributed by atoms with Crippen molar-refractivity contribution in [2.75, 3.05) is 6.26 Å². The van der Waals surface area contributed by atoms with E-state index in [1.165, 1.54) is 6.20 Å². The average molecular weight is 700 g/mol. The van der Waals surface area contributed by atoms with Crippen molar-refractivity contribution in [1.82, 2.24) is 14.0 Å². The van der Waals surface area contributed by atoms with E-state index in [1.807, 2.05) is 10.8 Å². The summed E-state index contributed by atoms with van der Waals surface area (Å²) in [6, 6.07) is 22.6. The maximum Gasteiger partial charge on any atom is 0.449 e. The Morgan fingerprint density at radius 1 is 0.875 bits per heavy atom. The molecule has 5 rings (SSSR count). The Balaban J connectivity index is 1.49. The lowest BCUT2D eigenvalue weighted by atomic mass is 9.82. The van der Waals surface area contributed by atoms with Gasteiger partial charge in [0.05, 0.1) is 23.7 Å². The Bertz CT molecular complexity index is 2210. The first-order chi connectivity index (χ1) is 22.4. The Kier molecular flexibility index (Phi) is 9.30. The number of nitrogens with zero attached hydrogens (tertiary/aromatic N) is 2. The summed E-state index contributed by atoms with van der Waals surface area (Å²) in [5.41, 5.74) is 2.03. The summed E-state index contributed by atoms with van der Waals surface area (Å²) >= 11 is 0. The fourth-order valence-corrected chi connectivity index (χ4v) is 7.57. The molecule has 14 heteroatoms. The molecule has 2 aromatic heterocycles. The summed E-state index contributed by atoms with van der Waals surface area (Å²) in [5.74, 6) is -2.11. The van der Waals surface area contributed by atoms with Crippen molar-refractivity contribution in [1.29, 1.82) is 0 Å². The van der Waals surface area contributed by atoms with Crippen LogP contribution in [0.4, 0.5) is 13.2 Å². The largest absolute Gasteiger partial charge is 0.455 e. The van der Waals surface area contributed by atoms with Gasteiger partial charge in [0.25, 0.3) is 0 Å². The highest BCUT2D eigenvalue weighted by atomic mass is 32.2. The summed E-state index contributed by atoms with van der Waals surface area (Å²) in [4.78, 5) is 17.0. The Morgan fingerprint density at radius 3 is 2.23 bits per heavy atom. The molecule has 48 heavy (non-hydrogen) atoms. The quantitative estimate of drug-likeness (QED) is 0.175. The molecule has 2 heterocycles. The number of aryl methyl sites for hydroxylation is 1. The maximum atomic E-state index is 14.3. The standard InChI is InChI=1S/C34H32F3N3O6S2/c1-22-10-13-25-8-6-18-38-30(25)31(22)48(44,45)40(21-28-16-17-29(46-28)34(35,36)37)20-23-11-14-24(15-12-23)26-7-5-9-27(19-26)33(2,3)32(41)39-47(4,42)43/h5-19H,20-21H2,1-4H3,(H,39,41). The molecular weight excluding hydrogens is 668 g/mol. The van der Waals surface area contributed by atoms with E-state index >= 15 is 0 Å². The SMILES string of the molecule is Cc1ccc2cccnc2c1S(=O)(=O)N(Cc1ccc(-c2cccc(C(C)(C)C(=O)NS(C)(=O)=O)c2)cc1)Cc1ccc(C(F)(F)F)o1. The molecule has 5 aromatic rings. The number of sulfonamides is 2. The third-order valence-electron chi connectivity index (χ3n) is 7.87. The number of halogens is 3. The highest BCUT2D eigenvalue weighted by Crippen LogP contribution is 2.34. The van der Waals surface area contributed by atoms with Crippen LogP contribution >= 0.6 is 0 Å². The second-order valence-electron chi connectivity index (χ2n) is 11.9. The molecule has 9 nitrogen and oxygen atoms in total. The number of alkyl halides is 3. The van der Waals surface area contributed by atoms with Gasteiger partial charge in [0, 0.05) is 18.1 Å². The van der Waals surface area contributed by atoms with Gasteiger partial charge in [0.15, 0.2) is 0 Å². The lowest BCUT2D eigenvalue weighted by Crippen LogP contribution is -2.42. The molecule has 0 aliphatic carbocycles. The Morgan fingerprint density at radius 2 is 1.58 bits per heavy atom. The van der Waals surface area contributed by atoms with E-state index in [4.69, 9.17) is 4.42 Å². The van der Waals surface area contributed by atoms with E-state index in [1.54, 1.807) is 87.5 Å². The number of hydrogen-bond donors (Lipinski definition) is 1. The van der Waals surface area contributed by atoms with E-state index in [9.17, 15) is 34.8 Å². The molecule has 0 saturated carbocycles. The van der Waals surface area contributed by atoms with Crippen LogP contribution in [0.2, 0.25) is 0 Å². The van der Waals surface area contributed by atoms with Gasteiger partial charge >= 0.3 is 6.18 Å². The first-order valence-corrected chi connectivity index (χ1v) is 17.9. The fraction of sp³-hybridized carbons (Fsp3) is 0.235. The topological polar surface area (TPSA) is 127 Å². The van der Waals surface area contributed by atoms with Crippen molar-refractivity contribution in [2.24, 2.45) is 0 Å². The van der Waals surface area contributed by atoms with Gasteiger partial charge in [-0.1, -0.05) is 66.7 Å². The molecule has 0 bridgehead atoms. The highest BCUT2D eigenvalue weighted by Gasteiger charge is 2.36. The number of hydrogen-bond acceptors (Lipinski definition) is 7. The minimum atomic E-state index is -4.74. The monoisotopic (exact) mass is 699 g/mol. The summed E-state index contributed by atoms with van der Waals surface area (Å²) in [7, 11) is -8.10. The van der Waals surface area contributed by atoms with E-state index in [2.05, 4.69) is 4.98 Å². The lowest BCUT2D eigenvalue weighted by molar-refractivity contribution is -0.153. The minimum absolute atomic E-state index is 0.0563. The predicted octanol–water partition coefficient (Wildman–Crippen LogP) is 6.57. The van der Waals surface area contributed by atoms with Crippen LogP contribution in [-0.4, -0.2) is 38.3 Å². The molecule has 0 aliphatic rings. The molecule has 0 fully saturated rings. The second kappa shape index (κ2) is 12.8. The van der Waals surface area contributed by atoms with Crippen LogP contribution in [-0.2, 0) is 49.5 Å². The zero-order valence-electron chi connectivity index (χ0n) is 26.4. The van der Waals surface area contributed by atoms with E-state index < -0.39 is 49.9 Å². The first-order valence-electron chi connectivity index (χ1n) is 14.6. The van der Waals surface area contributed by atoms with Crippen molar-refractivity contribution >= 4 is 36.9 Å². The van der Waals surface area contributed by atoms with Crippen molar-refractivity contribution in [3.05, 3.63) is 119 Å². The van der Waals surface area contributed by atoms with Crippen LogP contribution in [0.15, 0.2) is 100 Å². The molecule has 0 radical (unpaired) electrons. The van der Waals surface area contributed by atoms with Crippen LogP contribution in [0, 0.1) is 6.92 Å². The van der Waals surface area contributed by atoms with E-state index in [-0.39, 0.29) is 22.7 Å². The highest BCUT2D eigenvalue weighted by molar-refractivity contribution is 7.89. The van der Waals surface area contributed by atoms with Crippen molar-refractivity contribution < 1.29 is 39.2 Å².